The van der Waals surface area contributed by atoms with Crippen LogP contribution in [-0.2, 0) is 23.0 Å². The predicted octanol–water partition coefficient (Wildman–Crippen LogP) is 2.21. The summed E-state index contributed by atoms with van der Waals surface area (Å²) in [6.07, 6.45) is 3.10. The topological polar surface area (TPSA) is 93.5 Å². The molecule has 0 bridgehead atoms. The van der Waals surface area contributed by atoms with Crippen LogP contribution in [0.4, 0.5) is 4.79 Å². The summed E-state index contributed by atoms with van der Waals surface area (Å²) < 4.78 is 6.82. The lowest BCUT2D eigenvalue weighted by molar-refractivity contribution is -0.151. The van der Waals surface area contributed by atoms with Crippen molar-refractivity contribution in [2.75, 3.05) is 6.54 Å². The van der Waals surface area contributed by atoms with E-state index in [2.05, 4.69) is 10.4 Å². The quantitative estimate of drug-likeness (QED) is 0.836. The van der Waals surface area contributed by atoms with E-state index in [-0.39, 0.29) is 18.9 Å². The Balaban J connectivity index is 2.92. The summed E-state index contributed by atoms with van der Waals surface area (Å²) in [5.74, 6) is -1.14. The van der Waals surface area contributed by atoms with Crippen LogP contribution in [-0.4, -0.2) is 39.1 Å². The molecule has 0 aliphatic heterocycles. The molecular formula is C16H27N3O4. The molecule has 1 unspecified atom stereocenters. The minimum Gasteiger partial charge on any atom is -0.481 e. The van der Waals surface area contributed by atoms with Crippen molar-refractivity contribution < 1.29 is 19.4 Å². The van der Waals surface area contributed by atoms with Crippen LogP contribution in [0.1, 0.15) is 40.2 Å². The van der Waals surface area contributed by atoms with Gasteiger partial charge in [-0.15, -0.1) is 0 Å². The third-order valence-electron chi connectivity index (χ3n) is 3.76. The molecule has 7 nitrogen and oxygen atoms in total. The summed E-state index contributed by atoms with van der Waals surface area (Å²) in [7, 11) is 1.78. The molecule has 0 aliphatic carbocycles. The smallest absolute Gasteiger partial charge is 0.407 e. The van der Waals surface area contributed by atoms with Crippen LogP contribution in [0.3, 0.4) is 0 Å². The molecule has 0 spiro atoms. The molecule has 0 radical (unpaired) electrons. The van der Waals surface area contributed by atoms with Gasteiger partial charge in [-0.25, -0.2) is 4.79 Å². The summed E-state index contributed by atoms with van der Waals surface area (Å²) in [6, 6.07) is 0. The number of alkyl carbamates (subject to hydrolysis) is 1. The third-order valence-corrected chi connectivity index (χ3v) is 3.76. The normalized spacial score (nSPS) is 14.4. The van der Waals surface area contributed by atoms with Crippen molar-refractivity contribution in [2.24, 2.45) is 18.4 Å². The first-order valence-corrected chi connectivity index (χ1v) is 7.64. The van der Waals surface area contributed by atoms with Gasteiger partial charge in [0.15, 0.2) is 0 Å². The molecule has 130 valence electrons. The summed E-state index contributed by atoms with van der Waals surface area (Å²) >= 11 is 0. The summed E-state index contributed by atoms with van der Waals surface area (Å²) in [5, 5.41) is 16.5. The van der Waals surface area contributed by atoms with E-state index in [1.165, 1.54) is 0 Å². The highest BCUT2D eigenvalue weighted by Crippen LogP contribution is 2.32. The Hall–Kier alpha value is -2.05. The number of carbonyl (C=O) groups excluding carboxylic acids is 1. The van der Waals surface area contributed by atoms with Gasteiger partial charge in [-0.05, 0) is 38.7 Å². The fourth-order valence-electron chi connectivity index (χ4n) is 2.34. The lowest BCUT2D eigenvalue weighted by atomic mass is 9.73. The van der Waals surface area contributed by atoms with E-state index < -0.39 is 23.1 Å². The van der Waals surface area contributed by atoms with Crippen molar-refractivity contribution in [1.29, 1.82) is 0 Å². The molecular weight excluding hydrogens is 298 g/mol. The monoisotopic (exact) mass is 325 g/mol. The van der Waals surface area contributed by atoms with Crippen molar-refractivity contribution in [3.63, 3.8) is 0 Å². The van der Waals surface area contributed by atoms with Gasteiger partial charge >= 0.3 is 12.1 Å². The van der Waals surface area contributed by atoms with Crippen LogP contribution in [0.25, 0.3) is 0 Å². The number of ether oxygens (including phenoxy) is 1. The minimum absolute atomic E-state index is 0.0101. The molecule has 1 aromatic rings. The Bertz CT molecular complexity index is 560. The van der Waals surface area contributed by atoms with E-state index in [1.54, 1.807) is 44.9 Å². The zero-order valence-corrected chi connectivity index (χ0v) is 14.7. The Labute approximate surface area is 137 Å². The van der Waals surface area contributed by atoms with Gasteiger partial charge in [-0.3, -0.25) is 9.48 Å². The summed E-state index contributed by atoms with van der Waals surface area (Å²) in [6.45, 7) is 8.94. The van der Waals surface area contributed by atoms with Crippen LogP contribution in [0.5, 0.6) is 0 Å². The van der Waals surface area contributed by atoms with Gasteiger partial charge in [0.1, 0.15) is 5.60 Å². The number of nitrogens with one attached hydrogen (secondary N) is 1. The molecule has 23 heavy (non-hydrogen) atoms. The number of aliphatic carboxylic acids is 1. The third kappa shape index (κ3) is 5.26. The van der Waals surface area contributed by atoms with Crippen molar-refractivity contribution >= 4 is 12.1 Å². The SMILES string of the molecule is CC(C)C(CNC(=O)OC(C)(C)C)(Cc1cnn(C)c1)C(=O)O. The number of aromatic nitrogens is 2. The van der Waals surface area contributed by atoms with Gasteiger partial charge in [0.2, 0.25) is 0 Å². The Morgan fingerprint density at radius 1 is 1.39 bits per heavy atom. The molecule has 0 fully saturated rings. The number of carbonyl (C=O) groups is 2. The molecule has 1 rings (SSSR count). The number of nitrogens with zero attached hydrogens (tertiary/aromatic N) is 2. The minimum atomic E-state index is -1.13. The number of carboxylic acids is 1. The second-order valence-corrected chi connectivity index (χ2v) is 7.17. The summed E-state index contributed by atoms with van der Waals surface area (Å²) in [4.78, 5) is 23.8. The van der Waals surface area contributed by atoms with Crippen molar-refractivity contribution in [1.82, 2.24) is 15.1 Å². The van der Waals surface area contributed by atoms with E-state index in [9.17, 15) is 14.7 Å². The molecule has 1 heterocycles. The van der Waals surface area contributed by atoms with Crippen LogP contribution >= 0.6 is 0 Å². The van der Waals surface area contributed by atoms with E-state index >= 15 is 0 Å². The molecule has 0 aromatic carbocycles. The fraction of sp³-hybridized carbons (Fsp3) is 0.688. The first-order valence-electron chi connectivity index (χ1n) is 7.64. The second kappa shape index (κ2) is 7.02. The first-order chi connectivity index (χ1) is 10.5. The summed E-state index contributed by atoms with van der Waals surface area (Å²) in [5.41, 5.74) is -0.938. The molecule has 7 heteroatoms. The zero-order valence-electron chi connectivity index (χ0n) is 14.7. The van der Waals surface area contributed by atoms with Gasteiger partial charge < -0.3 is 15.2 Å². The number of aryl methyl sites for hydroxylation is 1. The number of hydrogen-bond donors (Lipinski definition) is 2. The van der Waals surface area contributed by atoms with E-state index in [0.717, 1.165) is 5.56 Å². The lowest BCUT2D eigenvalue weighted by Gasteiger charge is -2.33. The number of amides is 1. The second-order valence-electron chi connectivity index (χ2n) is 7.17. The zero-order chi connectivity index (χ0) is 17.8. The highest BCUT2D eigenvalue weighted by Gasteiger charge is 2.42. The molecule has 0 saturated heterocycles. The van der Waals surface area contributed by atoms with Crippen molar-refractivity contribution in [3.05, 3.63) is 18.0 Å². The molecule has 0 aliphatic rings. The van der Waals surface area contributed by atoms with E-state index in [0.29, 0.717) is 0 Å². The van der Waals surface area contributed by atoms with Gasteiger partial charge in [0, 0.05) is 19.8 Å². The van der Waals surface area contributed by atoms with Gasteiger partial charge in [0.05, 0.1) is 11.6 Å². The molecule has 1 aromatic heterocycles. The van der Waals surface area contributed by atoms with E-state index in [1.807, 2.05) is 13.8 Å². The Morgan fingerprint density at radius 2 is 2.00 bits per heavy atom. The Morgan fingerprint density at radius 3 is 2.39 bits per heavy atom. The standard InChI is InChI=1S/C16H27N3O4/c1-11(2)16(13(20)21,7-12-8-18-19(6)9-12)10-17-14(22)23-15(3,4)5/h8-9,11H,7,10H2,1-6H3,(H,17,22)(H,20,21). The van der Waals surface area contributed by atoms with Crippen LogP contribution in [0.15, 0.2) is 12.4 Å². The maximum atomic E-state index is 12.0. The fourth-order valence-corrected chi connectivity index (χ4v) is 2.34. The molecule has 1 amide bonds. The molecule has 0 saturated carbocycles. The average molecular weight is 325 g/mol. The number of carboxylic acid groups (broad SMARTS) is 1. The number of hydrogen-bond acceptors (Lipinski definition) is 4. The van der Waals surface area contributed by atoms with Crippen molar-refractivity contribution in [3.8, 4) is 0 Å². The van der Waals surface area contributed by atoms with Crippen LogP contribution < -0.4 is 5.32 Å². The van der Waals surface area contributed by atoms with Gasteiger partial charge in [0.25, 0.3) is 0 Å². The van der Waals surface area contributed by atoms with Crippen LogP contribution in [0.2, 0.25) is 0 Å². The van der Waals surface area contributed by atoms with Gasteiger partial charge in [-0.1, -0.05) is 13.8 Å². The maximum Gasteiger partial charge on any atom is 0.407 e. The largest absolute Gasteiger partial charge is 0.481 e. The van der Waals surface area contributed by atoms with E-state index in [4.69, 9.17) is 4.74 Å². The Kier molecular flexibility index (Phi) is 5.80. The highest BCUT2D eigenvalue weighted by atomic mass is 16.6. The first kappa shape index (κ1) is 19.0. The molecule has 2 N–H and O–H groups in total. The predicted molar refractivity (Wildman–Crippen MR) is 86.1 cm³/mol. The van der Waals surface area contributed by atoms with Crippen molar-refractivity contribution in [2.45, 2.75) is 46.6 Å². The molecule has 1 atom stereocenters. The highest BCUT2D eigenvalue weighted by molar-refractivity contribution is 5.77. The van der Waals surface area contributed by atoms with Crippen LogP contribution in [0, 0.1) is 11.3 Å². The number of rotatable bonds is 6. The maximum absolute atomic E-state index is 12.0. The lowest BCUT2D eigenvalue weighted by Crippen LogP contribution is -2.49. The average Bonchev–Trinajstić information content (AvgIpc) is 2.77. The van der Waals surface area contributed by atoms with Gasteiger partial charge in [-0.2, -0.15) is 5.10 Å².